The molecule has 2 fully saturated rings. The van der Waals surface area contributed by atoms with Crippen molar-refractivity contribution < 1.29 is 14.5 Å². The van der Waals surface area contributed by atoms with Gasteiger partial charge in [-0.05, 0) is 55.7 Å². The number of imide groups is 1. The zero-order valence-corrected chi connectivity index (χ0v) is 17.6. The minimum absolute atomic E-state index is 0.124. The second-order valence-electron chi connectivity index (χ2n) is 8.62. The molecule has 0 radical (unpaired) electrons. The number of nitrogens with one attached hydrogen (secondary N) is 1. The first-order chi connectivity index (χ1) is 15.0. The molecule has 1 saturated heterocycles. The Labute approximate surface area is 181 Å². The lowest BCUT2D eigenvalue weighted by molar-refractivity contribution is -0.383. The molecule has 1 heterocycles. The first kappa shape index (κ1) is 21.0. The Bertz CT molecular complexity index is 992. The molecule has 4 rings (SSSR count). The van der Waals surface area contributed by atoms with E-state index in [0.29, 0.717) is 36.7 Å². The molecular formula is C24H27N3O4. The highest BCUT2D eigenvalue weighted by atomic mass is 16.6. The van der Waals surface area contributed by atoms with E-state index in [0.717, 1.165) is 19.3 Å². The molecule has 1 aliphatic heterocycles. The Morgan fingerprint density at radius 3 is 2.55 bits per heavy atom. The van der Waals surface area contributed by atoms with Gasteiger partial charge in [-0.2, -0.15) is 0 Å². The van der Waals surface area contributed by atoms with Gasteiger partial charge < -0.3 is 5.32 Å². The third kappa shape index (κ3) is 4.31. The Kier molecular flexibility index (Phi) is 6.02. The number of nitro benzene ring substituents is 1. The molecule has 2 aliphatic rings. The van der Waals surface area contributed by atoms with Crippen molar-refractivity contribution in [3.63, 3.8) is 0 Å². The first-order valence-electron chi connectivity index (χ1n) is 10.9. The molecule has 0 unspecified atom stereocenters. The van der Waals surface area contributed by atoms with Gasteiger partial charge in [-0.15, -0.1) is 0 Å². The summed E-state index contributed by atoms with van der Waals surface area (Å²) >= 11 is 0. The number of amides is 2. The number of anilines is 2. The van der Waals surface area contributed by atoms with Crippen LogP contribution in [0.4, 0.5) is 17.1 Å². The molecule has 0 bridgehead atoms. The zero-order chi connectivity index (χ0) is 22.0. The van der Waals surface area contributed by atoms with Gasteiger partial charge in [0, 0.05) is 12.6 Å². The Morgan fingerprint density at radius 1 is 1.06 bits per heavy atom. The van der Waals surface area contributed by atoms with E-state index in [2.05, 4.69) is 24.4 Å². The van der Waals surface area contributed by atoms with Crippen LogP contribution >= 0.6 is 0 Å². The summed E-state index contributed by atoms with van der Waals surface area (Å²) in [6.45, 7) is 2.68. The number of nitro groups is 1. The summed E-state index contributed by atoms with van der Waals surface area (Å²) in [5, 5.41) is 14.8. The molecule has 31 heavy (non-hydrogen) atoms. The number of hydrogen-bond acceptors (Lipinski definition) is 5. The quantitative estimate of drug-likeness (QED) is 0.306. The van der Waals surface area contributed by atoms with Crippen molar-refractivity contribution in [2.45, 2.75) is 39.0 Å². The molecule has 1 N–H and O–H groups in total. The standard InChI is InChI=1S/C24H27N3O4/c1-16-9-11-19-20(14-16)24(29)26(23(19)28)18-10-12-21(22(15-18)27(30)31)25-13-5-8-17-6-3-2-4-7-17/h2-4,6-7,10,12,15-16,19-20,25H,5,8-9,11,13-14H2,1H3/t16-,19-,20+/m1/s1. The number of aryl methyl sites for hydroxylation is 1. The zero-order valence-electron chi connectivity index (χ0n) is 17.6. The summed E-state index contributed by atoms with van der Waals surface area (Å²) in [6, 6.07) is 14.6. The van der Waals surface area contributed by atoms with Gasteiger partial charge >= 0.3 is 0 Å². The maximum atomic E-state index is 12.9. The van der Waals surface area contributed by atoms with Crippen molar-refractivity contribution in [1.82, 2.24) is 0 Å². The molecule has 1 aliphatic carbocycles. The molecule has 7 heteroatoms. The van der Waals surface area contributed by atoms with Crippen molar-refractivity contribution in [2.75, 3.05) is 16.8 Å². The predicted octanol–water partition coefficient (Wildman–Crippen LogP) is 4.57. The molecule has 1 saturated carbocycles. The average Bonchev–Trinajstić information content (AvgIpc) is 3.01. The molecule has 3 atom stereocenters. The third-order valence-corrected chi connectivity index (χ3v) is 6.42. The van der Waals surface area contributed by atoms with Crippen LogP contribution in [0.5, 0.6) is 0 Å². The molecular weight excluding hydrogens is 394 g/mol. The van der Waals surface area contributed by atoms with Crippen LogP contribution in [0.15, 0.2) is 48.5 Å². The van der Waals surface area contributed by atoms with E-state index >= 15 is 0 Å². The topological polar surface area (TPSA) is 92.6 Å². The van der Waals surface area contributed by atoms with Crippen molar-refractivity contribution >= 4 is 28.9 Å². The summed E-state index contributed by atoms with van der Waals surface area (Å²) < 4.78 is 0. The molecule has 7 nitrogen and oxygen atoms in total. The van der Waals surface area contributed by atoms with E-state index in [1.165, 1.54) is 16.5 Å². The van der Waals surface area contributed by atoms with Crippen molar-refractivity contribution in [3.05, 3.63) is 64.2 Å². The molecule has 2 aromatic carbocycles. The summed E-state index contributed by atoms with van der Waals surface area (Å²) in [7, 11) is 0. The second kappa shape index (κ2) is 8.88. The largest absolute Gasteiger partial charge is 0.379 e. The summed E-state index contributed by atoms with van der Waals surface area (Å²) in [6.07, 6.45) is 4.04. The van der Waals surface area contributed by atoms with Crippen LogP contribution < -0.4 is 10.2 Å². The van der Waals surface area contributed by atoms with E-state index in [4.69, 9.17) is 0 Å². The van der Waals surface area contributed by atoms with E-state index in [-0.39, 0.29) is 29.3 Å². The molecule has 2 aromatic rings. The SMILES string of the molecule is C[C@@H]1CC[C@H]2C(=O)N(c3ccc(NCCCc4ccccc4)c([N+](=O)[O-])c3)C(=O)[C@H]2C1. The van der Waals surface area contributed by atoms with E-state index in [9.17, 15) is 19.7 Å². The van der Waals surface area contributed by atoms with Gasteiger partial charge in [-0.25, -0.2) is 4.90 Å². The highest BCUT2D eigenvalue weighted by Gasteiger charge is 2.50. The van der Waals surface area contributed by atoms with Gasteiger partial charge in [-0.1, -0.05) is 37.3 Å². The molecule has 2 amide bonds. The van der Waals surface area contributed by atoms with Crippen LogP contribution in [0, 0.1) is 27.9 Å². The van der Waals surface area contributed by atoms with E-state index in [1.54, 1.807) is 12.1 Å². The van der Waals surface area contributed by atoms with Crippen molar-refractivity contribution in [1.29, 1.82) is 0 Å². The smallest absolute Gasteiger partial charge is 0.294 e. The number of carbonyl (C=O) groups excluding carboxylic acids is 2. The normalized spacial score (nSPS) is 23.0. The number of hydrogen-bond donors (Lipinski definition) is 1. The summed E-state index contributed by atoms with van der Waals surface area (Å²) in [4.78, 5) is 38.2. The lowest BCUT2D eigenvalue weighted by Crippen LogP contribution is -2.31. The highest BCUT2D eigenvalue weighted by molar-refractivity contribution is 6.22. The monoisotopic (exact) mass is 421 g/mol. The van der Waals surface area contributed by atoms with Crippen LogP contribution in [-0.4, -0.2) is 23.3 Å². The number of nitrogens with zero attached hydrogens (tertiary/aromatic N) is 2. The molecule has 0 spiro atoms. The second-order valence-corrected chi connectivity index (χ2v) is 8.62. The highest BCUT2D eigenvalue weighted by Crippen LogP contribution is 2.43. The van der Waals surface area contributed by atoms with Crippen molar-refractivity contribution in [2.24, 2.45) is 17.8 Å². The lowest BCUT2D eigenvalue weighted by Gasteiger charge is -2.25. The molecule has 0 aromatic heterocycles. The fraction of sp³-hybridized carbons (Fsp3) is 0.417. The summed E-state index contributed by atoms with van der Waals surface area (Å²) in [5.41, 5.74) is 1.78. The third-order valence-electron chi connectivity index (χ3n) is 6.42. The number of benzene rings is 2. The van der Waals surface area contributed by atoms with E-state index < -0.39 is 4.92 Å². The van der Waals surface area contributed by atoms with Crippen LogP contribution in [0.2, 0.25) is 0 Å². The Hall–Kier alpha value is -3.22. The van der Waals surface area contributed by atoms with Crippen LogP contribution in [0.25, 0.3) is 0 Å². The minimum Gasteiger partial charge on any atom is -0.379 e. The number of carbonyl (C=O) groups is 2. The van der Waals surface area contributed by atoms with Crippen LogP contribution in [0.1, 0.15) is 38.2 Å². The molecule has 162 valence electrons. The summed E-state index contributed by atoms with van der Waals surface area (Å²) in [5.74, 6) is -0.626. The van der Waals surface area contributed by atoms with Gasteiger partial charge in [-0.3, -0.25) is 19.7 Å². The van der Waals surface area contributed by atoms with Crippen LogP contribution in [0.3, 0.4) is 0 Å². The first-order valence-corrected chi connectivity index (χ1v) is 10.9. The number of rotatable bonds is 7. The van der Waals surface area contributed by atoms with Gasteiger partial charge in [0.2, 0.25) is 11.8 Å². The Morgan fingerprint density at radius 2 is 1.81 bits per heavy atom. The fourth-order valence-corrected chi connectivity index (χ4v) is 4.76. The maximum absolute atomic E-state index is 12.9. The van der Waals surface area contributed by atoms with Gasteiger partial charge in [0.25, 0.3) is 5.69 Å². The number of fused-ring (bicyclic) bond motifs is 1. The van der Waals surface area contributed by atoms with E-state index in [1.807, 2.05) is 18.2 Å². The van der Waals surface area contributed by atoms with Gasteiger partial charge in [0.1, 0.15) is 5.69 Å². The van der Waals surface area contributed by atoms with Crippen molar-refractivity contribution in [3.8, 4) is 0 Å². The average molecular weight is 421 g/mol. The Balaban J connectivity index is 1.47. The lowest BCUT2D eigenvalue weighted by atomic mass is 9.76. The maximum Gasteiger partial charge on any atom is 0.294 e. The van der Waals surface area contributed by atoms with Gasteiger partial charge in [0.05, 0.1) is 22.4 Å². The predicted molar refractivity (Wildman–Crippen MR) is 119 cm³/mol. The van der Waals surface area contributed by atoms with Gasteiger partial charge in [0.15, 0.2) is 0 Å². The van der Waals surface area contributed by atoms with Crippen LogP contribution in [-0.2, 0) is 16.0 Å². The fourth-order valence-electron chi connectivity index (χ4n) is 4.76. The minimum atomic E-state index is -0.469.